The third-order valence-electron chi connectivity index (χ3n) is 4.72. The molecule has 0 unspecified atom stereocenters. The maximum atomic E-state index is 12.6. The lowest BCUT2D eigenvalue weighted by molar-refractivity contribution is 0.564. The molecule has 5 rings (SSSR count). The summed E-state index contributed by atoms with van der Waals surface area (Å²) in [5, 5.41) is 5.76. The molecule has 2 aromatic heterocycles. The minimum Gasteiger partial charge on any atom is -0.422 e. The van der Waals surface area contributed by atoms with Crippen molar-refractivity contribution in [2.24, 2.45) is 0 Å². The Hall–Kier alpha value is -3.24. The van der Waals surface area contributed by atoms with Gasteiger partial charge in [0.1, 0.15) is 10.6 Å². The highest BCUT2D eigenvalue weighted by Crippen LogP contribution is 2.31. The second-order valence-electron chi connectivity index (χ2n) is 6.55. The molecule has 0 aliphatic carbocycles. The highest BCUT2D eigenvalue weighted by molar-refractivity contribution is 7.13. The van der Waals surface area contributed by atoms with Gasteiger partial charge < -0.3 is 4.42 Å². The molecule has 0 aliphatic heterocycles. The Morgan fingerprint density at radius 2 is 1.74 bits per heavy atom. The minimum absolute atomic E-state index is 0.359. The molecule has 0 bridgehead atoms. The highest BCUT2D eigenvalue weighted by Gasteiger charge is 2.14. The zero-order valence-electron chi connectivity index (χ0n) is 14.6. The Balaban J connectivity index is 1.69. The first-order valence-electron chi connectivity index (χ1n) is 8.67. The number of hydrogen-bond acceptors (Lipinski definition) is 4. The molecular formula is C23H15NO2S. The molecule has 4 heteroatoms. The van der Waals surface area contributed by atoms with E-state index in [-0.39, 0.29) is 5.63 Å². The SMILES string of the molecule is Cc1ccc(-c2csc(-c3cc4c(ccc5ccccc54)oc3=O)n2)cc1. The van der Waals surface area contributed by atoms with Gasteiger partial charge in [0, 0.05) is 16.3 Å². The van der Waals surface area contributed by atoms with E-state index in [1.165, 1.54) is 16.9 Å². The molecule has 0 N–H and O–H groups in total. The average molecular weight is 369 g/mol. The molecule has 3 aromatic carbocycles. The van der Waals surface area contributed by atoms with Crippen molar-refractivity contribution < 1.29 is 4.42 Å². The van der Waals surface area contributed by atoms with Crippen molar-refractivity contribution in [1.82, 2.24) is 4.98 Å². The van der Waals surface area contributed by atoms with Crippen LogP contribution in [0.15, 0.2) is 81.3 Å². The van der Waals surface area contributed by atoms with Gasteiger partial charge in [-0.2, -0.15) is 0 Å². The monoisotopic (exact) mass is 369 g/mol. The van der Waals surface area contributed by atoms with E-state index in [2.05, 4.69) is 30.1 Å². The number of thiazole rings is 1. The third kappa shape index (κ3) is 2.75. The number of rotatable bonds is 2. The van der Waals surface area contributed by atoms with E-state index in [0.717, 1.165) is 27.4 Å². The van der Waals surface area contributed by atoms with Crippen LogP contribution in [0.4, 0.5) is 0 Å². The lowest BCUT2D eigenvalue weighted by Crippen LogP contribution is -2.02. The molecule has 0 spiro atoms. The summed E-state index contributed by atoms with van der Waals surface area (Å²) in [5.74, 6) is 0. The Labute approximate surface area is 159 Å². The summed E-state index contributed by atoms with van der Waals surface area (Å²) in [5.41, 5.74) is 3.85. The second-order valence-corrected chi connectivity index (χ2v) is 7.41. The van der Waals surface area contributed by atoms with Crippen molar-refractivity contribution in [2.45, 2.75) is 6.92 Å². The van der Waals surface area contributed by atoms with Crippen molar-refractivity contribution in [2.75, 3.05) is 0 Å². The first-order valence-corrected chi connectivity index (χ1v) is 9.55. The van der Waals surface area contributed by atoms with E-state index < -0.39 is 0 Å². The Bertz CT molecular complexity index is 1350. The third-order valence-corrected chi connectivity index (χ3v) is 5.60. The van der Waals surface area contributed by atoms with Crippen molar-refractivity contribution in [3.8, 4) is 21.8 Å². The smallest absolute Gasteiger partial charge is 0.346 e. The fourth-order valence-corrected chi connectivity index (χ4v) is 4.11. The predicted octanol–water partition coefficient (Wildman–Crippen LogP) is 6.05. The summed E-state index contributed by atoms with van der Waals surface area (Å²) in [7, 11) is 0. The fourth-order valence-electron chi connectivity index (χ4n) is 3.27. The Morgan fingerprint density at radius 1 is 0.926 bits per heavy atom. The van der Waals surface area contributed by atoms with Gasteiger partial charge in [-0.05, 0) is 29.8 Å². The van der Waals surface area contributed by atoms with Crippen LogP contribution in [0.3, 0.4) is 0 Å². The number of aryl methyl sites for hydroxylation is 1. The predicted molar refractivity (Wildman–Crippen MR) is 111 cm³/mol. The quantitative estimate of drug-likeness (QED) is 0.281. The lowest BCUT2D eigenvalue weighted by Gasteiger charge is -2.04. The molecule has 0 fully saturated rings. The fraction of sp³-hybridized carbons (Fsp3) is 0.0435. The topological polar surface area (TPSA) is 43.1 Å². The molecule has 0 aliphatic rings. The van der Waals surface area contributed by atoms with Gasteiger partial charge in [-0.25, -0.2) is 9.78 Å². The molecule has 3 nitrogen and oxygen atoms in total. The lowest BCUT2D eigenvalue weighted by atomic mass is 10.0. The van der Waals surface area contributed by atoms with Gasteiger partial charge in [-0.15, -0.1) is 11.3 Å². The van der Waals surface area contributed by atoms with Crippen molar-refractivity contribution in [3.05, 3.63) is 88.1 Å². The second kappa shape index (κ2) is 6.18. The Morgan fingerprint density at radius 3 is 2.59 bits per heavy atom. The van der Waals surface area contributed by atoms with Gasteiger partial charge in [0.2, 0.25) is 0 Å². The van der Waals surface area contributed by atoms with Crippen LogP contribution < -0.4 is 5.63 Å². The van der Waals surface area contributed by atoms with Gasteiger partial charge in [0.25, 0.3) is 0 Å². The molecule has 0 atom stereocenters. The molecule has 5 aromatic rings. The van der Waals surface area contributed by atoms with Crippen LogP contribution in [0.25, 0.3) is 43.6 Å². The van der Waals surface area contributed by atoms with Gasteiger partial charge >= 0.3 is 5.63 Å². The summed E-state index contributed by atoms with van der Waals surface area (Å²) in [6.07, 6.45) is 0. The van der Waals surface area contributed by atoms with Gasteiger partial charge in [0.05, 0.1) is 11.3 Å². The van der Waals surface area contributed by atoms with E-state index in [0.29, 0.717) is 16.2 Å². The Kier molecular flexibility index (Phi) is 3.66. The van der Waals surface area contributed by atoms with Crippen LogP contribution in [0.2, 0.25) is 0 Å². The van der Waals surface area contributed by atoms with Crippen LogP contribution in [0.1, 0.15) is 5.56 Å². The molecule has 130 valence electrons. The number of benzene rings is 3. The summed E-state index contributed by atoms with van der Waals surface area (Å²) < 4.78 is 5.60. The van der Waals surface area contributed by atoms with Crippen LogP contribution >= 0.6 is 11.3 Å². The maximum absolute atomic E-state index is 12.6. The average Bonchev–Trinajstić information content (AvgIpc) is 3.17. The molecule has 0 saturated carbocycles. The normalized spacial score (nSPS) is 11.3. The number of fused-ring (bicyclic) bond motifs is 3. The van der Waals surface area contributed by atoms with Crippen LogP contribution in [-0.4, -0.2) is 4.98 Å². The number of aromatic nitrogens is 1. The molecule has 0 saturated heterocycles. The summed E-state index contributed by atoms with van der Waals surface area (Å²) >= 11 is 1.46. The minimum atomic E-state index is -0.359. The molecule has 27 heavy (non-hydrogen) atoms. The summed E-state index contributed by atoms with van der Waals surface area (Å²) in [6.45, 7) is 2.06. The summed E-state index contributed by atoms with van der Waals surface area (Å²) in [4.78, 5) is 17.2. The first-order chi connectivity index (χ1) is 13.2. The van der Waals surface area contributed by atoms with Crippen molar-refractivity contribution in [1.29, 1.82) is 0 Å². The van der Waals surface area contributed by atoms with E-state index in [4.69, 9.17) is 4.42 Å². The molecular weight excluding hydrogens is 354 g/mol. The van der Waals surface area contributed by atoms with Crippen LogP contribution in [-0.2, 0) is 0 Å². The highest BCUT2D eigenvalue weighted by atomic mass is 32.1. The van der Waals surface area contributed by atoms with Crippen LogP contribution in [0.5, 0.6) is 0 Å². The van der Waals surface area contributed by atoms with Crippen molar-refractivity contribution >= 4 is 33.1 Å². The first kappa shape index (κ1) is 16.0. The van der Waals surface area contributed by atoms with E-state index in [9.17, 15) is 4.79 Å². The van der Waals surface area contributed by atoms with Gasteiger partial charge in [0.15, 0.2) is 0 Å². The molecule has 2 heterocycles. The summed E-state index contributed by atoms with van der Waals surface area (Å²) in [6, 6.07) is 22.0. The maximum Gasteiger partial charge on any atom is 0.346 e. The van der Waals surface area contributed by atoms with Crippen LogP contribution in [0, 0.1) is 6.92 Å². The molecule has 0 radical (unpaired) electrons. The zero-order valence-corrected chi connectivity index (χ0v) is 15.4. The van der Waals surface area contributed by atoms with Crippen molar-refractivity contribution in [3.63, 3.8) is 0 Å². The van der Waals surface area contributed by atoms with E-state index in [1.807, 2.05) is 53.9 Å². The van der Waals surface area contributed by atoms with E-state index in [1.54, 1.807) is 0 Å². The zero-order chi connectivity index (χ0) is 18.4. The largest absolute Gasteiger partial charge is 0.422 e. The number of hydrogen-bond donors (Lipinski definition) is 0. The van der Waals surface area contributed by atoms with Gasteiger partial charge in [-0.1, -0.05) is 60.2 Å². The van der Waals surface area contributed by atoms with Gasteiger partial charge in [-0.3, -0.25) is 0 Å². The molecule has 0 amide bonds. The van der Waals surface area contributed by atoms with E-state index >= 15 is 0 Å². The standard InChI is InChI=1S/C23H15NO2S/c1-14-6-8-16(9-7-14)20-13-27-22(24-20)19-12-18-17-5-3-2-4-15(17)10-11-21(18)26-23(19)25/h2-13H,1H3. The number of nitrogens with zero attached hydrogens (tertiary/aromatic N) is 1.